The lowest BCUT2D eigenvalue weighted by Gasteiger charge is -2.07. The van der Waals surface area contributed by atoms with Crippen molar-refractivity contribution in [2.45, 2.75) is 12.5 Å². The lowest BCUT2D eigenvalue weighted by molar-refractivity contribution is -0.116. The fourth-order valence-electron chi connectivity index (χ4n) is 2.44. The van der Waals surface area contributed by atoms with E-state index in [2.05, 4.69) is 5.32 Å². The van der Waals surface area contributed by atoms with Gasteiger partial charge in [0, 0.05) is 18.0 Å². The highest BCUT2D eigenvalue weighted by atomic mass is 16.4. The summed E-state index contributed by atoms with van der Waals surface area (Å²) < 4.78 is 5.62. The van der Waals surface area contributed by atoms with Crippen molar-refractivity contribution in [1.82, 2.24) is 5.32 Å². The van der Waals surface area contributed by atoms with Crippen LogP contribution in [0.1, 0.15) is 23.8 Å². The summed E-state index contributed by atoms with van der Waals surface area (Å²) in [7, 11) is 0. The van der Waals surface area contributed by atoms with Crippen molar-refractivity contribution in [2.24, 2.45) is 0 Å². The first-order valence-electron chi connectivity index (χ1n) is 7.90. The largest absolute Gasteiger partial charge is 0.458 e. The van der Waals surface area contributed by atoms with Gasteiger partial charge in [0.1, 0.15) is 17.4 Å². The molecule has 1 amide bonds. The molecule has 0 radical (unpaired) electrons. The Labute approximate surface area is 140 Å². The highest BCUT2D eigenvalue weighted by molar-refractivity contribution is 5.91. The van der Waals surface area contributed by atoms with Gasteiger partial charge < -0.3 is 14.8 Å². The number of carbonyl (C=O) groups is 1. The molecule has 0 spiro atoms. The first-order valence-corrected chi connectivity index (χ1v) is 7.90. The molecule has 0 saturated carbocycles. The summed E-state index contributed by atoms with van der Waals surface area (Å²) in [6.45, 7) is 0.371. The Hall–Kier alpha value is -2.85. The Morgan fingerprint density at radius 2 is 1.88 bits per heavy atom. The standard InChI is InChI=1S/C20H19NO3/c22-17(19-14-16-8-4-5-9-18(16)24-19)12-13-21-20(23)11-10-15-6-2-1-3-7-15/h1-11,14,17,22H,12-13H2,(H,21,23)/b11-10+/t17-/m1/s1. The van der Waals surface area contributed by atoms with E-state index in [1.807, 2.05) is 60.7 Å². The van der Waals surface area contributed by atoms with Gasteiger partial charge in [0.25, 0.3) is 0 Å². The van der Waals surface area contributed by atoms with Gasteiger partial charge in [0.15, 0.2) is 0 Å². The van der Waals surface area contributed by atoms with Crippen LogP contribution in [0.15, 0.2) is 71.2 Å². The number of rotatable bonds is 6. The van der Waals surface area contributed by atoms with Crippen LogP contribution in [-0.2, 0) is 4.79 Å². The Balaban J connectivity index is 1.48. The third-order valence-electron chi connectivity index (χ3n) is 3.72. The van der Waals surface area contributed by atoms with Crippen molar-refractivity contribution in [2.75, 3.05) is 6.54 Å². The van der Waals surface area contributed by atoms with Crippen LogP contribution in [0.25, 0.3) is 17.0 Å². The molecule has 2 N–H and O–H groups in total. The van der Waals surface area contributed by atoms with Crippen LogP contribution >= 0.6 is 0 Å². The van der Waals surface area contributed by atoms with Gasteiger partial charge in [0.2, 0.25) is 5.91 Å². The summed E-state index contributed by atoms with van der Waals surface area (Å²) in [5, 5.41) is 13.9. The van der Waals surface area contributed by atoms with E-state index in [0.29, 0.717) is 18.7 Å². The normalized spacial score (nSPS) is 12.5. The molecule has 0 aliphatic rings. The maximum Gasteiger partial charge on any atom is 0.244 e. The van der Waals surface area contributed by atoms with Crippen LogP contribution in [0.5, 0.6) is 0 Å². The van der Waals surface area contributed by atoms with Gasteiger partial charge in [-0.25, -0.2) is 0 Å². The molecule has 3 aromatic rings. The zero-order valence-electron chi connectivity index (χ0n) is 13.2. The fraction of sp³-hybridized carbons (Fsp3) is 0.150. The first-order chi connectivity index (χ1) is 11.7. The van der Waals surface area contributed by atoms with Crippen LogP contribution in [-0.4, -0.2) is 17.6 Å². The molecular weight excluding hydrogens is 302 g/mol. The summed E-state index contributed by atoms with van der Waals surface area (Å²) >= 11 is 0. The molecule has 2 aromatic carbocycles. The zero-order chi connectivity index (χ0) is 16.8. The SMILES string of the molecule is O=C(/C=C/c1ccccc1)NCC[C@@H](O)c1cc2ccccc2o1. The first kappa shape index (κ1) is 16.0. The number of nitrogens with one attached hydrogen (secondary N) is 1. The van der Waals surface area contributed by atoms with Crippen molar-refractivity contribution in [3.63, 3.8) is 0 Å². The van der Waals surface area contributed by atoms with Crippen molar-refractivity contribution >= 4 is 23.0 Å². The van der Waals surface area contributed by atoms with Crippen molar-refractivity contribution < 1.29 is 14.3 Å². The molecule has 0 aliphatic heterocycles. The Morgan fingerprint density at radius 3 is 2.67 bits per heavy atom. The monoisotopic (exact) mass is 321 g/mol. The third kappa shape index (κ3) is 4.12. The van der Waals surface area contributed by atoms with Crippen LogP contribution in [0.4, 0.5) is 0 Å². The summed E-state index contributed by atoms with van der Waals surface area (Å²) in [6, 6.07) is 19.1. The van der Waals surface area contributed by atoms with Crippen LogP contribution in [0.3, 0.4) is 0 Å². The van der Waals surface area contributed by atoms with E-state index >= 15 is 0 Å². The summed E-state index contributed by atoms with van der Waals surface area (Å²) in [5.41, 5.74) is 1.72. The van der Waals surface area contributed by atoms with Gasteiger partial charge in [-0.05, 0) is 30.2 Å². The van der Waals surface area contributed by atoms with E-state index in [1.165, 1.54) is 6.08 Å². The minimum absolute atomic E-state index is 0.185. The van der Waals surface area contributed by atoms with Crippen LogP contribution < -0.4 is 5.32 Å². The number of carbonyl (C=O) groups excluding carboxylic acids is 1. The number of aliphatic hydroxyl groups is 1. The van der Waals surface area contributed by atoms with Crippen LogP contribution in [0, 0.1) is 0 Å². The highest BCUT2D eigenvalue weighted by Gasteiger charge is 2.13. The number of fused-ring (bicyclic) bond motifs is 1. The van der Waals surface area contributed by atoms with E-state index < -0.39 is 6.10 Å². The molecule has 24 heavy (non-hydrogen) atoms. The molecule has 4 heteroatoms. The molecule has 1 atom stereocenters. The second-order valence-electron chi connectivity index (χ2n) is 5.53. The Kier molecular flexibility index (Phi) is 5.08. The van der Waals surface area contributed by atoms with Crippen molar-refractivity contribution in [3.8, 4) is 0 Å². The molecule has 0 bridgehead atoms. The minimum atomic E-state index is -0.740. The second kappa shape index (κ2) is 7.62. The van der Waals surface area contributed by atoms with E-state index in [0.717, 1.165) is 16.5 Å². The van der Waals surface area contributed by atoms with Gasteiger partial charge in [0.05, 0.1) is 0 Å². The quantitative estimate of drug-likeness (QED) is 0.681. The summed E-state index contributed by atoms with van der Waals surface area (Å²) in [5.74, 6) is 0.334. The number of amides is 1. The van der Waals surface area contributed by atoms with E-state index in [-0.39, 0.29) is 5.91 Å². The van der Waals surface area contributed by atoms with Crippen LogP contribution in [0.2, 0.25) is 0 Å². The molecule has 122 valence electrons. The average molecular weight is 321 g/mol. The minimum Gasteiger partial charge on any atom is -0.458 e. The van der Waals surface area contributed by atoms with Gasteiger partial charge in [-0.3, -0.25) is 4.79 Å². The number of para-hydroxylation sites is 1. The number of aliphatic hydroxyl groups excluding tert-OH is 1. The van der Waals surface area contributed by atoms with E-state index in [9.17, 15) is 9.90 Å². The van der Waals surface area contributed by atoms with Gasteiger partial charge in [-0.2, -0.15) is 0 Å². The smallest absolute Gasteiger partial charge is 0.244 e. The second-order valence-corrected chi connectivity index (χ2v) is 5.53. The molecule has 4 nitrogen and oxygen atoms in total. The number of benzene rings is 2. The summed E-state index contributed by atoms with van der Waals surface area (Å²) in [4.78, 5) is 11.8. The van der Waals surface area contributed by atoms with Gasteiger partial charge in [-0.15, -0.1) is 0 Å². The average Bonchev–Trinajstić information content (AvgIpc) is 3.05. The molecule has 0 aliphatic carbocycles. The fourth-order valence-corrected chi connectivity index (χ4v) is 2.44. The topological polar surface area (TPSA) is 62.5 Å². The Bertz CT molecular complexity index is 803. The van der Waals surface area contributed by atoms with Gasteiger partial charge in [-0.1, -0.05) is 48.5 Å². The number of furan rings is 1. The predicted octanol–water partition coefficient (Wildman–Crippen LogP) is 3.69. The molecule has 1 heterocycles. The third-order valence-corrected chi connectivity index (χ3v) is 3.72. The molecule has 0 unspecified atom stereocenters. The predicted molar refractivity (Wildman–Crippen MR) is 94.3 cm³/mol. The molecule has 1 aromatic heterocycles. The zero-order valence-corrected chi connectivity index (χ0v) is 13.2. The van der Waals surface area contributed by atoms with E-state index in [1.54, 1.807) is 6.08 Å². The maximum atomic E-state index is 11.8. The molecule has 0 fully saturated rings. The highest BCUT2D eigenvalue weighted by Crippen LogP contribution is 2.25. The van der Waals surface area contributed by atoms with Gasteiger partial charge >= 0.3 is 0 Å². The lowest BCUT2D eigenvalue weighted by Crippen LogP contribution is -2.23. The van der Waals surface area contributed by atoms with Crippen molar-refractivity contribution in [1.29, 1.82) is 0 Å². The van der Waals surface area contributed by atoms with Crippen molar-refractivity contribution in [3.05, 3.63) is 78.1 Å². The maximum absolute atomic E-state index is 11.8. The number of hydrogen-bond donors (Lipinski definition) is 2. The summed E-state index contributed by atoms with van der Waals surface area (Å²) in [6.07, 6.45) is 2.90. The van der Waals surface area contributed by atoms with E-state index in [4.69, 9.17) is 4.42 Å². The molecule has 0 saturated heterocycles. The molecular formula is C20H19NO3. The lowest BCUT2D eigenvalue weighted by atomic mass is 10.2. The number of hydrogen-bond acceptors (Lipinski definition) is 3. The molecule has 3 rings (SSSR count). The Morgan fingerprint density at radius 1 is 1.12 bits per heavy atom.